The molecule has 0 atom stereocenters. The van der Waals surface area contributed by atoms with Crippen LogP contribution in [0.4, 0.5) is 30.6 Å². The molecule has 0 spiro atoms. The predicted molar refractivity (Wildman–Crippen MR) is 119 cm³/mol. The van der Waals surface area contributed by atoms with E-state index in [9.17, 15) is 13.2 Å². The largest absolute Gasteiger partial charge is 0.573 e. The number of anilines is 3. The highest BCUT2D eigenvalue weighted by Gasteiger charge is 2.31. The van der Waals surface area contributed by atoms with Crippen LogP contribution in [0.1, 0.15) is 20.8 Å². The molecule has 0 aliphatic carbocycles. The smallest absolute Gasteiger partial charge is 0.406 e. The zero-order chi connectivity index (χ0) is 22.6. The van der Waals surface area contributed by atoms with Gasteiger partial charge in [0.15, 0.2) is 0 Å². The minimum atomic E-state index is -4.77. The van der Waals surface area contributed by atoms with Gasteiger partial charge in [-0.2, -0.15) is 4.98 Å². The average Bonchev–Trinajstić information content (AvgIpc) is 2.65. The lowest BCUT2D eigenvalue weighted by Crippen LogP contribution is -2.27. The third-order valence-corrected chi connectivity index (χ3v) is 4.64. The van der Waals surface area contributed by atoms with Gasteiger partial charge >= 0.3 is 6.36 Å². The second-order valence-corrected chi connectivity index (χ2v) is 8.65. The van der Waals surface area contributed by atoms with E-state index in [0.717, 1.165) is 10.6 Å². The molecule has 0 aliphatic rings. The molecule has 0 aliphatic heterocycles. The van der Waals surface area contributed by atoms with Crippen LogP contribution in [0.15, 0.2) is 59.5 Å². The van der Waals surface area contributed by atoms with Crippen molar-refractivity contribution in [3.05, 3.63) is 54.6 Å². The van der Waals surface area contributed by atoms with Gasteiger partial charge in [0.25, 0.3) is 0 Å². The van der Waals surface area contributed by atoms with Gasteiger partial charge in [0.05, 0.1) is 5.69 Å². The Balaban J connectivity index is 2.00. The molecule has 0 fully saturated rings. The first kappa shape index (κ1) is 22.7. The summed E-state index contributed by atoms with van der Waals surface area (Å²) in [7, 11) is 0. The number of hydrogen-bond acceptors (Lipinski definition) is 6. The summed E-state index contributed by atoms with van der Waals surface area (Å²) < 4.78 is 41.9. The molecule has 0 saturated carbocycles. The van der Waals surface area contributed by atoms with Crippen LogP contribution in [0, 0.1) is 0 Å². The van der Waals surface area contributed by atoms with Crippen LogP contribution in [0.25, 0.3) is 11.3 Å². The number of thioether (sulfide) groups is 1. The lowest BCUT2D eigenvalue weighted by Gasteiger charge is -2.21. The first-order valence-electron chi connectivity index (χ1n) is 9.45. The summed E-state index contributed by atoms with van der Waals surface area (Å²) in [5, 5.41) is 6.47. The molecular weight excluding hydrogens is 425 g/mol. The van der Waals surface area contributed by atoms with Gasteiger partial charge in [-0.1, -0.05) is 18.2 Å². The Morgan fingerprint density at radius 1 is 0.935 bits per heavy atom. The van der Waals surface area contributed by atoms with Gasteiger partial charge in [0, 0.05) is 27.8 Å². The maximum atomic E-state index is 12.6. The van der Waals surface area contributed by atoms with Crippen LogP contribution in [0.2, 0.25) is 0 Å². The molecular formula is C22H23F3N4OS. The van der Waals surface area contributed by atoms with Crippen LogP contribution < -0.4 is 15.4 Å². The normalized spacial score (nSPS) is 11.8. The minimum Gasteiger partial charge on any atom is -0.406 e. The summed E-state index contributed by atoms with van der Waals surface area (Å²) in [4.78, 5) is 10.1. The predicted octanol–water partition coefficient (Wildman–Crippen LogP) is 6.72. The molecule has 1 heterocycles. The van der Waals surface area contributed by atoms with Crippen molar-refractivity contribution in [2.45, 2.75) is 37.6 Å². The van der Waals surface area contributed by atoms with Gasteiger partial charge < -0.3 is 15.4 Å². The number of nitrogens with zero attached hydrogens (tertiary/aromatic N) is 2. The Kier molecular flexibility index (Phi) is 6.64. The van der Waals surface area contributed by atoms with Gasteiger partial charge in [0.2, 0.25) is 5.95 Å². The Labute approximate surface area is 183 Å². The minimum absolute atomic E-state index is 0.309. The monoisotopic (exact) mass is 448 g/mol. The number of hydrogen-bond donors (Lipinski definition) is 2. The van der Waals surface area contributed by atoms with Crippen molar-refractivity contribution in [2.24, 2.45) is 0 Å². The SMILES string of the molecule is CSc1cccc(Nc2cc(-c3cccc(OC(F)(F)F)c3)nc(NC(C)(C)C)n2)c1. The fraction of sp³-hybridized carbons (Fsp3) is 0.273. The van der Waals surface area contributed by atoms with Crippen molar-refractivity contribution in [3.8, 4) is 17.0 Å². The number of ether oxygens (including phenoxy) is 1. The van der Waals surface area contributed by atoms with Gasteiger partial charge in [-0.3, -0.25) is 0 Å². The molecule has 0 radical (unpaired) electrons. The summed E-state index contributed by atoms with van der Waals surface area (Å²) in [6, 6.07) is 15.2. The first-order valence-corrected chi connectivity index (χ1v) is 10.7. The van der Waals surface area contributed by atoms with Gasteiger partial charge in [0.1, 0.15) is 11.6 Å². The molecule has 2 aromatic carbocycles. The van der Waals surface area contributed by atoms with Crippen LogP contribution in [0.5, 0.6) is 5.75 Å². The van der Waals surface area contributed by atoms with Gasteiger partial charge in [-0.15, -0.1) is 24.9 Å². The van der Waals surface area contributed by atoms with Crippen molar-refractivity contribution in [1.82, 2.24) is 9.97 Å². The Bertz CT molecular complexity index is 1050. The highest BCUT2D eigenvalue weighted by molar-refractivity contribution is 7.98. The van der Waals surface area contributed by atoms with Crippen LogP contribution in [-0.2, 0) is 0 Å². The van der Waals surface area contributed by atoms with E-state index in [1.54, 1.807) is 23.9 Å². The highest BCUT2D eigenvalue weighted by Crippen LogP contribution is 2.30. The fourth-order valence-corrected chi connectivity index (χ4v) is 3.21. The third kappa shape index (κ3) is 7.06. The second-order valence-electron chi connectivity index (χ2n) is 7.77. The molecule has 0 amide bonds. The lowest BCUT2D eigenvalue weighted by atomic mass is 10.1. The maximum absolute atomic E-state index is 12.6. The number of benzene rings is 2. The first-order chi connectivity index (χ1) is 14.5. The van der Waals surface area contributed by atoms with E-state index in [0.29, 0.717) is 23.0 Å². The van der Waals surface area contributed by atoms with E-state index in [1.165, 1.54) is 18.2 Å². The Morgan fingerprint density at radius 2 is 1.68 bits per heavy atom. The molecule has 9 heteroatoms. The van der Waals surface area contributed by atoms with Crippen molar-refractivity contribution >= 4 is 29.2 Å². The maximum Gasteiger partial charge on any atom is 0.573 e. The molecule has 164 valence electrons. The van der Waals surface area contributed by atoms with E-state index in [2.05, 4.69) is 25.3 Å². The van der Waals surface area contributed by atoms with Crippen LogP contribution >= 0.6 is 11.8 Å². The molecule has 0 bridgehead atoms. The summed E-state index contributed by atoms with van der Waals surface area (Å²) in [5.41, 5.74) is 1.46. The zero-order valence-electron chi connectivity index (χ0n) is 17.5. The van der Waals surface area contributed by atoms with Gasteiger partial charge in [-0.25, -0.2) is 4.98 Å². The average molecular weight is 449 g/mol. The molecule has 1 aromatic heterocycles. The van der Waals surface area contributed by atoms with Gasteiger partial charge in [-0.05, 0) is 57.4 Å². The van der Waals surface area contributed by atoms with Crippen molar-refractivity contribution < 1.29 is 17.9 Å². The zero-order valence-corrected chi connectivity index (χ0v) is 18.4. The van der Waals surface area contributed by atoms with Crippen molar-refractivity contribution in [1.29, 1.82) is 0 Å². The highest BCUT2D eigenvalue weighted by atomic mass is 32.2. The van der Waals surface area contributed by atoms with E-state index in [-0.39, 0.29) is 11.3 Å². The molecule has 3 rings (SSSR count). The summed E-state index contributed by atoms with van der Waals surface area (Å²) >= 11 is 1.62. The standard InChI is InChI=1S/C22H23F3N4OS/c1-21(2,3)29-20-27-18(14-7-5-9-16(11-14)30-22(23,24)25)13-19(28-20)26-15-8-6-10-17(12-15)31-4/h5-13H,1-4H3,(H2,26,27,28,29). The summed E-state index contributed by atoms with van der Waals surface area (Å²) in [6.45, 7) is 5.90. The number of aromatic nitrogens is 2. The Hall–Kier alpha value is -2.94. The lowest BCUT2D eigenvalue weighted by molar-refractivity contribution is -0.274. The van der Waals surface area contributed by atoms with E-state index in [4.69, 9.17) is 0 Å². The molecule has 3 aromatic rings. The van der Waals surface area contributed by atoms with Crippen LogP contribution in [-0.4, -0.2) is 28.1 Å². The molecule has 0 saturated heterocycles. The number of rotatable bonds is 6. The van der Waals surface area contributed by atoms with Crippen molar-refractivity contribution in [2.75, 3.05) is 16.9 Å². The number of halogens is 3. The number of nitrogens with one attached hydrogen (secondary N) is 2. The van der Waals surface area contributed by atoms with E-state index < -0.39 is 6.36 Å². The topological polar surface area (TPSA) is 59.1 Å². The summed E-state index contributed by atoms with van der Waals surface area (Å²) in [5.74, 6) is 0.559. The summed E-state index contributed by atoms with van der Waals surface area (Å²) in [6.07, 6.45) is -2.78. The molecule has 5 nitrogen and oxygen atoms in total. The molecule has 2 N–H and O–H groups in total. The fourth-order valence-electron chi connectivity index (χ4n) is 2.75. The second kappa shape index (κ2) is 9.05. The van der Waals surface area contributed by atoms with E-state index >= 15 is 0 Å². The molecule has 0 unspecified atom stereocenters. The van der Waals surface area contributed by atoms with E-state index in [1.807, 2.05) is 51.3 Å². The number of alkyl halides is 3. The molecule has 31 heavy (non-hydrogen) atoms. The third-order valence-electron chi connectivity index (χ3n) is 3.92. The van der Waals surface area contributed by atoms with Crippen LogP contribution in [0.3, 0.4) is 0 Å². The quantitative estimate of drug-likeness (QED) is 0.408. The Morgan fingerprint density at radius 3 is 2.35 bits per heavy atom. The van der Waals surface area contributed by atoms with Crippen molar-refractivity contribution in [3.63, 3.8) is 0 Å².